The zero-order valence-corrected chi connectivity index (χ0v) is 14.6. The molecule has 2 aromatic carbocycles. The molecule has 1 heterocycles. The number of hydrogen-bond donors (Lipinski definition) is 3. The molecule has 1 aromatic heterocycles. The number of imidazole rings is 1. The number of fused-ring (bicyclic) bond motifs is 1. The maximum atomic E-state index is 12.4. The first kappa shape index (κ1) is 17.1. The standard InChI is InChI=1S/C17H18N4O3S/c1-11(16-20-14-5-3-4-6-15(14)21-16)19-17(22)12-7-9-13(10-8-12)25(23,24)18-2/h3-11,18H,1-2H3,(H,19,22)(H,20,21). The third-order valence-corrected chi connectivity index (χ3v) is 5.29. The fourth-order valence-corrected chi connectivity index (χ4v) is 3.16. The fourth-order valence-electron chi connectivity index (χ4n) is 2.43. The van der Waals surface area contributed by atoms with Crippen LogP contribution in [0.5, 0.6) is 0 Å². The number of para-hydroxylation sites is 2. The van der Waals surface area contributed by atoms with E-state index in [0.717, 1.165) is 11.0 Å². The minimum atomic E-state index is -3.52. The summed E-state index contributed by atoms with van der Waals surface area (Å²) < 4.78 is 25.6. The molecule has 0 saturated carbocycles. The Morgan fingerprint density at radius 1 is 1.12 bits per heavy atom. The largest absolute Gasteiger partial charge is 0.342 e. The normalized spacial score (nSPS) is 12.9. The van der Waals surface area contributed by atoms with Gasteiger partial charge >= 0.3 is 0 Å². The fraction of sp³-hybridized carbons (Fsp3) is 0.176. The number of benzene rings is 2. The van der Waals surface area contributed by atoms with Gasteiger partial charge in [-0.15, -0.1) is 0 Å². The van der Waals surface area contributed by atoms with E-state index in [4.69, 9.17) is 0 Å². The van der Waals surface area contributed by atoms with E-state index in [-0.39, 0.29) is 16.8 Å². The van der Waals surface area contributed by atoms with E-state index in [2.05, 4.69) is 20.0 Å². The van der Waals surface area contributed by atoms with Crippen LogP contribution in [0.3, 0.4) is 0 Å². The van der Waals surface area contributed by atoms with Gasteiger partial charge in [-0.3, -0.25) is 4.79 Å². The number of aromatic nitrogens is 2. The highest BCUT2D eigenvalue weighted by atomic mass is 32.2. The first-order valence-electron chi connectivity index (χ1n) is 7.70. The molecular formula is C17H18N4O3S. The number of nitrogens with one attached hydrogen (secondary N) is 3. The van der Waals surface area contributed by atoms with Gasteiger partial charge in [-0.1, -0.05) is 12.1 Å². The number of nitrogens with zero attached hydrogens (tertiary/aromatic N) is 1. The van der Waals surface area contributed by atoms with Crippen LogP contribution in [0.1, 0.15) is 29.1 Å². The van der Waals surface area contributed by atoms with E-state index in [1.54, 1.807) is 0 Å². The van der Waals surface area contributed by atoms with E-state index in [1.165, 1.54) is 31.3 Å². The second-order valence-electron chi connectivity index (χ2n) is 5.57. The van der Waals surface area contributed by atoms with Crippen molar-refractivity contribution in [3.8, 4) is 0 Å². The molecular weight excluding hydrogens is 340 g/mol. The Kier molecular flexibility index (Phi) is 4.56. The molecule has 0 aliphatic heterocycles. The van der Waals surface area contributed by atoms with Crippen molar-refractivity contribution in [2.75, 3.05) is 7.05 Å². The van der Waals surface area contributed by atoms with Gasteiger partial charge in [0.25, 0.3) is 5.91 Å². The zero-order chi connectivity index (χ0) is 18.0. The molecule has 0 aliphatic rings. The number of H-pyrrole nitrogens is 1. The lowest BCUT2D eigenvalue weighted by Gasteiger charge is -2.12. The summed E-state index contributed by atoms with van der Waals surface area (Å²) >= 11 is 0. The first-order chi connectivity index (χ1) is 11.9. The van der Waals surface area contributed by atoms with Crippen LogP contribution >= 0.6 is 0 Å². The van der Waals surface area contributed by atoms with Gasteiger partial charge in [0.1, 0.15) is 5.82 Å². The van der Waals surface area contributed by atoms with Crippen molar-refractivity contribution in [3.05, 3.63) is 59.9 Å². The monoisotopic (exact) mass is 358 g/mol. The lowest BCUT2D eigenvalue weighted by Crippen LogP contribution is -2.27. The molecule has 3 rings (SSSR count). The molecule has 0 radical (unpaired) electrons. The van der Waals surface area contributed by atoms with E-state index in [1.807, 2.05) is 31.2 Å². The number of carbonyl (C=O) groups is 1. The molecule has 0 saturated heterocycles. The second-order valence-corrected chi connectivity index (χ2v) is 7.45. The molecule has 130 valence electrons. The summed E-state index contributed by atoms with van der Waals surface area (Å²) in [5.74, 6) is 0.352. The summed E-state index contributed by atoms with van der Waals surface area (Å²) in [7, 11) is -2.18. The van der Waals surface area contributed by atoms with Crippen molar-refractivity contribution >= 4 is 27.0 Å². The molecule has 3 N–H and O–H groups in total. The van der Waals surface area contributed by atoms with Gasteiger partial charge in [-0.2, -0.15) is 0 Å². The van der Waals surface area contributed by atoms with Crippen LogP contribution in [0, 0.1) is 0 Å². The first-order valence-corrected chi connectivity index (χ1v) is 9.18. The Bertz CT molecular complexity index is 977. The smallest absolute Gasteiger partial charge is 0.251 e. The molecule has 25 heavy (non-hydrogen) atoms. The summed E-state index contributed by atoms with van der Waals surface area (Å²) in [6.45, 7) is 1.83. The van der Waals surface area contributed by atoms with Crippen LogP contribution in [0.4, 0.5) is 0 Å². The van der Waals surface area contributed by atoms with Gasteiger partial charge in [0, 0.05) is 5.56 Å². The Labute approximate surface area is 145 Å². The van der Waals surface area contributed by atoms with Crippen LogP contribution in [-0.4, -0.2) is 31.3 Å². The van der Waals surface area contributed by atoms with Crippen molar-refractivity contribution in [1.29, 1.82) is 0 Å². The van der Waals surface area contributed by atoms with Gasteiger partial charge in [-0.25, -0.2) is 18.1 Å². The van der Waals surface area contributed by atoms with E-state index >= 15 is 0 Å². The number of rotatable bonds is 5. The predicted octanol–water partition coefficient (Wildman–Crippen LogP) is 1.96. The van der Waals surface area contributed by atoms with Crippen LogP contribution in [0.25, 0.3) is 11.0 Å². The number of amides is 1. The minimum Gasteiger partial charge on any atom is -0.342 e. The molecule has 7 nitrogen and oxygen atoms in total. The number of sulfonamides is 1. The topological polar surface area (TPSA) is 104 Å². The quantitative estimate of drug-likeness (QED) is 0.648. The van der Waals surface area contributed by atoms with Gasteiger partial charge in [-0.05, 0) is 50.4 Å². The van der Waals surface area contributed by atoms with Crippen molar-refractivity contribution in [1.82, 2.24) is 20.0 Å². The molecule has 1 unspecified atom stereocenters. The number of aromatic amines is 1. The molecule has 0 bridgehead atoms. The number of hydrogen-bond acceptors (Lipinski definition) is 4. The van der Waals surface area contributed by atoms with Crippen molar-refractivity contribution in [3.63, 3.8) is 0 Å². The summed E-state index contributed by atoms with van der Waals surface area (Å²) in [4.78, 5) is 20.1. The highest BCUT2D eigenvalue weighted by molar-refractivity contribution is 7.89. The Morgan fingerprint density at radius 3 is 2.44 bits per heavy atom. The summed E-state index contributed by atoms with van der Waals surface area (Å²) in [5, 5.41) is 2.85. The maximum absolute atomic E-state index is 12.4. The molecule has 0 spiro atoms. The Hall–Kier alpha value is -2.71. The lowest BCUT2D eigenvalue weighted by molar-refractivity contribution is 0.0938. The average molecular weight is 358 g/mol. The molecule has 8 heteroatoms. The highest BCUT2D eigenvalue weighted by Gasteiger charge is 2.16. The van der Waals surface area contributed by atoms with Crippen LogP contribution in [0.2, 0.25) is 0 Å². The van der Waals surface area contributed by atoms with E-state index in [9.17, 15) is 13.2 Å². The molecule has 1 atom stereocenters. The van der Waals surface area contributed by atoms with Crippen molar-refractivity contribution in [2.45, 2.75) is 17.9 Å². The Balaban J connectivity index is 1.75. The van der Waals surface area contributed by atoms with Crippen LogP contribution < -0.4 is 10.0 Å². The summed E-state index contributed by atoms with van der Waals surface area (Å²) in [6, 6.07) is 13.0. The summed E-state index contributed by atoms with van der Waals surface area (Å²) in [5.41, 5.74) is 2.11. The zero-order valence-electron chi connectivity index (χ0n) is 13.8. The van der Waals surface area contributed by atoms with Crippen LogP contribution in [-0.2, 0) is 10.0 Å². The average Bonchev–Trinajstić information content (AvgIpc) is 3.06. The van der Waals surface area contributed by atoms with Gasteiger partial charge < -0.3 is 10.3 Å². The molecule has 1 amide bonds. The third kappa shape index (κ3) is 3.54. The molecule has 3 aromatic rings. The predicted molar refractivity (Wildman–Crippen MR) is 94.7 cm³/mol. The van der Waals surface area contributed by atoms with Crippen molar-refractivity contribution < 1.29 is 13.2 Å². The minimum absolute atomic E-state index is 0.108. The third-order valence-electron chi connectivity index (χ3n) is 3.86. The van der Waals surface area contributed by atoms with Crippen molar-refractivity contribution in [2.24, 2.45) is 0 Å². The van der Waals surface area contributed by atoms with E-state index < -0.39 is 10.0 Å². The molecule has 0 fully saturated rings. The van der Waals surface area contributed by atoms with Crippen LogP contribution in [0.15, 0.2) is 53.4 Å². The highest BCUT2D eigenvalue weighted by Crippen LogP contribution is 2.16. The van der Waals surface area contributed by atoms with Gasteiger partial charge in [0.15, 0.2) is 0 Å². The Morgan fingerprint density at radius 2 is 1.80 bits per heavy atom. The van der Waals surface area contributed by atoms with Gasteiger partial charge in [0.05, 0.1) is 22.0 Å². The van der Waals surface area contributed by atoms with Gasteiger partial charge in [0.2, 0.25) is 10.0 Å². The van der Waals surface area contributed by atoms with E-state index in [0.29, 0.717) is 11.4 Å². The second kappa shape index (κ2) is 6.66. The summed E-state index contributed by atoms with van der Waals surface area (Å²) in [6.07, 6.45) is 0. The SMILES string of the molecule is CNS(=O)(=O)c1ccc(C(=O)NC(C)c2nc3ccccc3[nH]2)cc1. The maximum Gasteiger partial charge on any atom is 0.251 e. The lowest BCUT2D eigenvalue weighted by atomic mass is 10.2. The number of carbonyl (C=O) groups excluding carboxylic acids is 1. The molecule has 0 aliphatic carbocycles.